The van der Waals surface area contributed by atoms with Crippen LogP contribution in [-0.2, 0) is 15.1 Å². The Morgan fingerprint density at radius 2 is 1.85 bits per heavy atom. The third-order valence-electron chi connectivity index (χ3n) is 4.61. The SMILES string of the molecule is Cc1ccc(C2(C)NC(=O)N(CC(=O)NC(CN)CC(C)C)C2=O)cc1.Cl. The number of urea groups is 1. The molecule has 0 saturated carbocycles. The fraction of sp³-hybridized carbons (Fsp3) is 0.526. The Kier molecular flexibility index (Phi) is 7.80. The van der Waals surface area contributed by atoms with Crippen molar-refractivity contribution in [1.82, 2.24) is 15.5 Å². The summed E-state index contributed by atoms with van der Waals surface area (Å²) in [7, 11) is 0. The molecule has 2 atom stereocenters. The molecule has 1 saturated heterocycles. The monoisotopic (exact) mass is 396 g/mol. The highest BCUT2D eigenvalue weighted by Crippen LogP contribution is 2.28. The van der Waals surface area contributed by atoms with E-state index in [0.717, 1.165) is 16.9 Å². The molecule has 0 aromatic heterocycles. The van der Waals surface area contributed by atoms with E-state index in [1.54, 1.807) is 6.92 Å². The highest BCUT2D eigenvalue weighted by Gasteiger charge is 2.49. The maximum Gasteiger partial charge on any atom is 0.325 e. The van der Waals surface area contributed by atoms with E-state index in [0.29, 0.717) is 18.0 Å². The Morgan fingerprint density at radius 3 is 2.37 bits per heavy atom. The van der Waals surface area contributed by atoms with Gasteiger partial charge in [0.2, 0.25) is 5.91 Å². The number of carbonyl (C=O) groups excluding carboxylic acids is 3. The Hall–Kier alpha value is -2.12. The number of rotatable bonds is 7. The summed E-state index contributed by atoms with van der Waals surface area (Å²) in [5.41, 5.74) is 6.26. The maximum atomic E-state index is 12.8. The first-order valence-corrected chi connectivity index (χ1v) is 8.88. The standard InChI is InChI=1S/C19H28N4O3.ClH/c1-12(2)9-15(10-20)21-16(24)11-23-17(25)19(4,22-18(23)26)14-7-5-13(3)6-8-14;/h5-8,12,15H,9-11,20H2,1-4H3,(H,21,24)(H,22,26);1H. The molecule has 4 N–H and O–H groups in total. The third kappa shape index (κ3) is 5.20. The maximum absolute atomic E-state index is 12.8. The number of aryl methyl sites for hydroxylation is 1. The van der Waals surface area contributed by atoms with Gasteiger partial charge < -0.3 is 16.4 Å². The normalized spacial score (nSPS) is 20.3. The summed E-state index contributed by atoms with van der Waals surface area (Å²) in [6, 6.07) is 6.64. The first-order chi connectivity index (χ1) is 12.2. The molecule has 1 aromatic carbocycles. The van der Waals surface area contributed by atoms with E-state index in [2.05, 4.69) is 10.6 Å². The van der Waals surface area contributed by atoms with Gasteiger partial charge in [0.25, 0.3) is 5.91 Å². The van der Waals surface area contributed by atoms with Crippen LogP contribution in [0, 0.1) is 12.8 Å². The number of carbonyl (C=O) groups is 3. The van der Waals surface area contributed by atoms with Crippen molar-refractivity contribution in [2.24, 2.45) is 11.7 Å². The van der Waals surface area contributed by atoms with E-state index in [9.17, 15) is 14.4 Å². The van der Waals surface area contributed by atoms with Crippen molar-refractivity contribution >= 4 is 30.3 Å². The lowest BCUT2D eigenvalue weighted by atomic mass is 9.91. The van der Waals surface area contributed by atoms with E-state index in [-0.39, 0.29) is 25.0 Å². The zero-order valence-electron chi connectivity index (χ0n) is 16.2. The summed E-state index contributed by atoms with van der Waals surface area (Å²) in [5.74, 6) is -0.446. The molecule has 0 radical (unpaired) electrons. The van der Waals surface area contributed by atoms with Crippen molar-refractivity contribution in [2.75, 3.05) is 13.1 Å². The summed E-state index contributed by atoms with van der Waals surface area (Å²) in [6.45, 7) is 7.67. The number of nitrogens with zero attached hydrogens (tertiary/aromatic N) is 1. The minimum atomic E-state index is -1.17. The first kappa shape index (κ1) is 22.9. The van der Waals surface area contributed by atoms with Crippen LogP contribution in [0.4, 0.5) is 4.79 Å². The average Bonchev–Trinajstić information content (AvgIpc) is 2.78. The van der Waals surface area contributed by atoms with E-state index in [1.807, 2.05) is 45.0 Å². The number of nitrogens with two attached hydrogens (primary N) is 1. The molecule has 0 spiro atoms. The van der Waals surface area contributed by atoms with Crippen LogP contribution in [0.2, 0.25) is 0 Å². The number of hydrogen-bond acceptors (Lipinski definition) is 4. The number of hydrogen-bond donors (Lipinski definition) is 3. The molecule has 0 bridgehead atoms. The van der Waals surface area contributed by atoms with Gasteiger partial charge in [-0.3, -0.25) is 14.5 Å². The summed E-state index contributed by atoms with van der Waals surface area (Å²) in [6.07, 6.45) is 0.740. The molecule has 1 heterocycles. The Labute approximate surface area is 166 Å². The van der Waals surface area contributed by atoms with Crippen LogP contribution in [0.3, 0.4) is 0 Å². The van der Waals surface area contributed by atoms with Gasteiger partial charge in [-0.25, -0.2) is 4.79 Å². The van der Waals surface area contributed by atoms with Crippen LogP contribution in [-0.4, -0.2) is 41.9 Å². The van der Waals surface area contributed by atoms with Crippen LogP contribution < -0.4 is 16.4 Å². The largest absolute Gasteiger partial charge is 0.351 e. The predicted molar refractivity (Wildman–Crippen MR) is 106 cm³/mol. The van der Waals surface area contributed by atoms with Crippen LogP contribution in [0.15, 0.2) is 24.3 Å². The fourth-order valence-corrected chi connectivity index (χ4v) is 3.12. The van der Waals surface area contributed by atoms with Gasteiger partial charge in [-0.2, -0.15) is 0 Å². The highest BCUT2D eigenvalue weighted by atomic mass is 35.5. The van der Waals surface area contributed by atoms with Gasteiger partial charge >= 0.3 is 6.03 Å². The number of benzene rings is 1. The Bertz CT molecular complexity index is 693. The third-order valence-corrected chi connectivity index (χ3v) is 4.61. The molecule has 150 valence electrons. The molecule has 2 unspecified atom stereocenters. The zero-order chi connectivity index (χ0) is 19.5. The first-order valence-electron chi connectivity index (χ1n) is 8.88. The van der Waals surface area contributed by atoms with Crippen molar-refractivity contribution in [3.8, 4) is 0 Å². The van der Waals surface area contributed by atoms with Crippen molar-refractivity contribution in [3.63, 3.8) is 0 Å². The van der Waals surface area contributed by atoms with E-state index < -0.39 is 23.4 Å². The van der Waals surface area contributed by atoms with Gasteiger partial charge in [-0.1, -0.05) is 43.7 Å². The van der Waals surface area contributed by atoms with Gasteiger partial charge in [0, 0.05) is 12.6 Å². The van der Waals surface area contributed by atoms with Crippen molar-refractivity contribution in [3.05, 3.63) is 35.4 Å². The highest BCUT2D eigenvalue weighted by molar-refractivity contribution is 6.09. The van der Waals surface area contributed by atoms with Crippen molar-refractivity contribution in [1.29, 1.82) is 0 Å². The smallest absolute Gasteiger partial charge is 0.325 e. The van der Waals surface area contributed by atoms with Crippen LogP contribution in [0.25, 0.3) is 0 Å². The molecule has 2 rings (SSSR count). The van der Waals surface area contributed by atoms with E-state index >= 15 is 0 Å². The summed E-state index contributed by atoms with van der Waals surface area (Å²) < 4.78 is 0. The Morgan fingerprint density at radius 1 is 1.26 bits per heavy atom. The van der Waals surface area contributed by atoms with Crippen LogP contribution >= 0.6 is 12.4 Å². The average molecular weight is 397 g/mol. The second kappa shape index (κ2) is 9.19. The quantitative estimate of drug-likeness (QED) is 0.609. The molecule has 27 heavy (non-hydrogen) atoms. The van der Waals surface area contributed by atoms with Gasteiger partial charge in [-0.05, 0) is 31.7 Å². The summed E-state index contributed by atoms with van der Waals surface area (Å²) >= 11 is 0. The van der Waals surface area contributed by atoms with Crippen LogP contribution in [0.1, 0.15) is 38.3 Å². The van der Waals surface area contributed by atoms with Gasteiger partial charge in [0.05, 0.1) is 0 Å². The molecule has 4 amide bonds. The molecule has 7 nitrogen and oxygen atoms in total. The zero-order valence-corrected chi connectivity index (χ0v) is 17.1. The van der Waals surface area contributed by atoms with Gasteiger partial charge in [0.1, 0.15) is 12.1 Å². The lowest BCUT2D eigenvalue weighted by Crippen LogP contribution is -2.47. The molecule has 1 aliphatic rings. The minimum absolute atomic E-state index is 0. The molecular weight excluding hydrogens is 368 g/mol. The number of amides is 4. The molecule has 8 heteroatoms. The number of nitrogens with one attached hydrogen (secondary N) is 2. The Balaban J connectivity index is 0.00000364. The lowest BCUT2D eigenvalue weighted by molar-refractivity contribution is -0.135. The molecule has 1 aromatic rings. The second-order valence-corrected chi connectivity index (χ2v) is 7.44. The van der Waals surface area contributed by atoms with Crippen molar-refractivity contribution < 1.29 is 14.4 Å². The molecule has 1 fully saturated rings. The minimum Gasteiger partial charge on any atom is -0.351 e. The van der Waals surface area contributed by atoms with Gasteiger partial charge in [0.15, 0.2) is 0 Å². The topological polar surface area (TPSA) is 105 Å². The summed E-state index contributed by atoms with van der Waals surface area (Å²) in [4.78, 5) is 38.4. The molecule has 0 aliphatic carbocycles. The van der Waals surface area contributed by atoms with Crippen molar-refractivity contribution in [2.45, 2.75) is 45.7 Å². The second-order valence-electron chi connectivity index (χ2n) is 7.44. The van der Waals surface area contributed by atoms with E-state index in [1.165, 1.54) is 0 Å². The fourth-order valence-electron chi connectivity index (χ4n) is 3.12. The van der Waals surface area contributed by atoms with Crippen LogP contribution in [0.5, 0.6) is 0 Å². The molecular formula is C19H29ClN4O3. The van der Waals surface area contributed by atoms with E-state index in [4.69, 9.17) is 5.73 Å². The summed E-state index contributed by atoms with van der Waals surface area (Å²) in [5, 5.41) is 5.51. The molecule has 1 aliphatic heterocycles. The number of halogens is 1. The predicted octanol–water partition coefficient (Wildman–Crippen LogP) is 1.67. The number of imide groups is 1. The van der Waals surface area contributed by atoms with Gasteiger partial charge in [-0.15, -0.1) is 12.4 Å². The lowest BCUT2D eigenvalue weighted by Gasteiger charge is -2.23.